The smallest absolute Gasteiger partial charge is 0.317 e. The highest BCUT2D eigenvalue weighted by Crippen LogP contribution is 2.35. The summed E-state index contributed by atoms with van der Waals surface area (Å²) in [7, 11) is -4.15. The average Bonchev–Trinajstić information content (AvgIpc) is 3.19. The molecule has 0 radical (unpaired) electrons. The molecule has 0 atom stereocenters. The second-order valence-corrected chi connectivity index (χ2v) is 11.6. The highest BCUT2D eigenvalue weighted by atomic mass is 35.5. The van der Waals surface area contributed by atoms with Gasteiger partial charge >= 0.3 is 6.18 Å². The van der Waals surface area contributed by atoms with Crippen LogP contribution >= 0.6 is 11.6 Å². The lowest BCUT2D eigenvalue weighted by Gasteiger charge is -2.24. The second-order valence-electron chi connectivity index (χ2n) is 9.27. The zero-order valence-corrected chi connectivity index (χ0v) is 23.8. The van der Waals surface area contributed by atoms with E-state index in [9.17, 15) is 26.4 Å². The number of alkyl halides is 3. The van der Waals surface area contributed by atoms with E-state index in [1.165, 1.54) is 53.2 Å². The van der Waals surface area contributed by atoms with Crippen LogP contribution in [0.4, 0.5) is 18.9 Å². The van der Waals surface area contributed by atoms with Gasteiger partial charge in [0.2, 0.25) is 0 Å². The topological polar surface area (TPSA) is 83.8 Å². The molecule has 0 aliphatic heterocycles. The van der Waals surface area contributed by atoms with Gasteiger partial charge in [0.15, 0.2) is 0 Å². The lowest BCUT2D eigenvalue weighted by molar-refractivity contribution is -0.137. The molecular weight excluding hydrogens is 577 g/mol. The van der Waals surface area contributed by atoms with Crippen LogP contribution in [0.15, 0.2) is 88.9 Å². The van der Waals surface area contributed by atoms with Gasteiger partial charge in [0.25, 0.3) is 15.9 Å². The van der Waals surface area contributed by atoms with Gasteiger partial charge in [0.05, 0.1) is 28.0 Å². The SMILES string of the molecule is Cc1ccc(S(=O)(=O)N(CC(=O)N/N=C\c2cc(C)n(-c3ccccc3C(F)(F)F)c2C)c2cccc(Cl)c2)cc1. The normalized spacial score (nSPS) is 12.1. The lowest BCUT2D eigenvalue weighted by Crippen LogP contribution is -2.39. The van der Waals surface area contributed by atoms with Gasteiger partial charge in [-0.05, 0) is 69.3 Å². The number of hydrogen-bond acceptors (Lipinski definition) is 4. The Morgan fingerprint density at radius 3 is 2.34 bits per heavy atom. The van der Waals surface area contributed by atoms with Gasteiger partial charge in [-0.2, -0.15) is 18.3 Å². The summed E-state index contributed by atoms with van der Waals surface area (Å²) in [5, 5.41) is 4.23. The van der Waals surface area contributed by atoms with Crippen LogP contribution in [-0.4, -0.2) is 31.7 Å². The fraction of sp³-hybridized carbons (Fsp3) is 0.172. The molecule has 0 spiro atoms. The van der Waals surface area contributed by atoms with E-state index in [4.69, 9.17) is 11.6 Å². The first-order valence-electron chi connectivity index (χ1n) is 12.3. The molecule has 0 unspecified atom stereocenters. The summed E-state index contributed by atoms with van der Waals surface area (Å²) in [6, 6.07) is 19.2. The molecule has 0 aliphatic rings. The van der Waals surface area contributed by atoms with Crippen LogP contribution in [0, 0.1) is 20.8 Å². The second kappa shape index (κ2) is 11.8. The highest BCUT2D eigenvalue weighted by molar-refractivity contribution is 7.92. The lowest BCUT2D eigenvalue weighted by atomic mass is 10.1. The van der Waals surface area contributed by atoms with E-state index in [2.05, 4.69) is 10.5 Å². The molecule has 1 aromatic heterocycles. The van der Waals surface area contributed by atoms with Crippen molar-refractivity contribution in [3.05, 3.63) is 112 Å². The summed E-state index contributed by atoms with van der Waals surface area (Å²) in [6.07, 6.45) is -3.25. The molecule has 3 aromatic carbocycles. The van der Waals surface area contributed by atoms with Crippen LogP contribution < -0.4 is 9.73 Å². The van der Waals surface area contributed by atoms with E-state index in [1.807, 2.05) is 6.92 Å². The predicted molar refractivity (Wildman–Crippen MR) is 153 cm³/mol. The van der Waals surface area contributed by atoms with Crippen LogP contribution in [0.2, 0.25) is 5.02 Å². The highest BCUT2D eigenvalue weighted by Gasteiger charge is 2.34. The number of amides is 1. The third kappa shape index (κ3) is 6.63. The summed E-state index contributed by atoms with van der Waals surface area (Å²) >= 11 is 6.09. The molecule has 1 N–H and O–H groups in total. The predicted octanol–water partition coefficient (Wildman–Crippen LogP) is 6.42. The van der Waals surface area contributed by atoms with Crippen LogP contribution in [0.3, 0.4) is 0 Å². The largest absolute Gasteiger partial charge is 0.418 e. The molecule has 4 aromatic rings. The Kier molecular flexibility index (Phi) is 8.60. The molecule has 0 bridgehead atoms. The fourth-order valence-electron chi connectivity index (χ4n) is 4.32. The molecule has 7 nitrogen and oxygen atoms in total. The standard InChI is InChI=1S/C29H26ClF3N4O3S/c1-19-11-13-25(14-12-19)41(39,40)36(24-8-6-7-23(30)16-24)18-28(38)35-34-17-22-15-20(2)37(21(22)3)27-10-5-4-9-26(27)29(31,32)33/h4-17H,18H2,1-3H3,(H,35,38)/b34-17-. The number of carbonyl (C=O) groups is 1. The van der Waals surface area contributed by atoms with Crippen molar-refractivity contribution in [3.8, 4) is 5.69 Å². The van der Waals surface area contributed by atoms with E-state index in [1.54, 1.807) is 44.2 Å². The number of aryl methyl sites for hydroxylation is 2. The Hall–Kier alpha value is -4.09. The Bertz CT molecular complexity index is 1720. The zero-order valence-electron chi connectivity index (χ0n) is 22.3. The van der Waals surface area contributed by atoms with Gasteiger partial charge in [-0.15, -0.1) is 0 Å². The van der Waals surface area contributed by atoms with Crippen LogP contribution in [0.25, 0.3) is 5.69 Å². The van der Waals surface area contributed by atoms with Crippen molar-refractivity contribution in [2.24, 2.45) is 5.10 Å². The number of hydrazone groups is 1. The Morgan fingerprint density at radius 1 is 1.00 bits per heavy atom. The molecule has 4 rings (SSSR count). The number of halogens is 4. The first-order valence-corrected chi connectivity index (χ1v) is 14.1. The first-order chi connectivity index (χ1) is 19.3. The molecule has 0 saturated heterocycles. The molecule has 1 amide bonds. The van der Waals surface area contributed by atoms with E-state index >= 15 is 0 Å². The Balaban J connectivity index is 1.58. The molecule has 214 valence electrons. The van der Waals surface area contributed by atoms with Gasteiger partial charge in [0, 0.05) is 22.0 Å². The maximum atomic E-state index is 13.6. The quantitative estimate of drug-likeness (QED) is 0.187. The molecule has 41 heavy (non-hydrogen) atoms. The van der Waals surface area contributed by atoms with Crippen molar-refractivity contribution >= 4 is 39.4 Å². The molecule has 0 aliphatic carbocycles. The minimum Gasteiger partial charge on any atom is -0.317 e. The van der Waals surface area contributed by atoms with Gasteiger partial charge in [-0.25, -0.2) is 13.8 Å². The number of nitrogens with one attached hydrogen (secondary N) is 1. The van der Waals surface area contributed by atoms with Gasteiger partial charge < -0.3 is 4.57 Å². The number of sulfonamides is 1. The first kappa shape index (κ1) is 29.9. The average molecular weight is 603 g/mol. The van der Waals surface area contributed by atoms with Gasteiger partial charge in [-0.1, -0.05) is 47.5 Å². The van der Waals surface area contributed by atoms with E-state index in [0.717, 1.165) is 15.9 Å². The summed E-state index contributed by atoms with van der Waals surface area (Å²) < 4.78 is 70.2. The Morgan fingerprint density at radius 2 is 1.68 bits per heavy atom. The number of anilines is 1. The van der Waals surface area contributed by atoms with Gasteiger partial charge in [0.1, 0.15) is 6.54 Å². The molecular formula is C29H26ClF3N4O3S. The van der Waals surface area contributed by atoms with E-state index in [-0.39, 0.29) is 21.3 Å². The van der Waals surface area contributed by atoms with Crippen LogP contribution in [0.1, 0.15) is 28.1 Å². The third-order valence-electron chi connectivity index (χ3n) is 6.31. The van der Waals surface area contributed by atoms with Crippen molar-refractivity contribution in [1.82, 2.24) is 9.99 Å². The van der Waals surface area contributed by atoms with Crippen molar-refractivity contribution in [2.75, 3.05) is 10.8 Å². The number of para-hydroxylation sites is 1. The number of rotatable bonds is 8. The number of nitrogens with zero attached hydrogens (tertiary/aromatic N) is 3. The third-order valence-corrected chi connectivity index (χ3v) is 8.33. The molecule has 12 heteroatoms. The summed E-state index contributed by atoms with van der Waals surface area (Å²) in [4.78, 5) is 12.9. The number of benzene rings is 3. The van der Waals surface area contributed by atoms with E-state index < -0.39 is 34.2 Å². The maximum Gasteiger partial charge on any atom is 0.418 e. The minimum absolute atomic E-state index is 0.00838. The number of hydrogen-bond donors (Lipinski definition) is 1. The van der Waals surface area contributed by atoms with Crippen molar-refractivity contribution in [1.29, 1.82) is 0 Å². The summed E-state index contributed by atoms with van der Waals surface area (Å²) in [5.74, 6) is -0.742. The Labute approximate surface area is 240 Å². The minimum atomic E-state index is -4.55. The summed E-state index contributed by atoms with van der Waals surface area (Å²) in [5.41, 5.74) is 4.02. The van der Waals surface area contributed by atoms with Gasteiger partial charge in [-0.3, -0.25) is 9.10 Å². The van der Waals surface area contributed by atoms with Crippen molar-refractivity contribution in [2.45, 2.75) is 31.8 Å². The number of aromatic nitrogens is 1. The fourth-order valence-corrected chi connectivity index (χ4v) is 5.92. The maximum absolute atomic E-state index is 13.6. The monoisotopic (exact) mass is 602 g/mol. The van der Waals surface area contributed by atoms with Crippen LogP contribution in [-0.2, 0) is 21.0 Å². The van der Waals surface area contributed by atoms with Crippen molar-refractivity contribution < 1.29 is 26.4 Å². The molecule has 0 fully saturated rings. The number of carbonyl (C=O) groups excluding carboxylic acids is 1. The van der Waals surface area contributed by atoms with E-state index in [0.29, 0.717) is 17.0 Å². The van der Waals surface area contributed by atoms with Crippen molar-refractivity contribution in [3.63, 3.8) is 0 Å². The molecule has 0 saturated carbocycles. The molecule has 1 heterocycles. The zero-order chi connectivity index (χ0) is 29.9. The summed E-state index contributed by atoms with van der Waals surface area (Å²) in [6.45, 7) is 4.52. The van der Waals surface area contributed by atoms with Crippen LogP contribution in [0.5, 0.6) is 0 Å².